The van der Waals surface area contributed by atoms with E-state index in [-0.39, 0.29) is 0 Å². The summed E-state index contributed by atoms with van der Waals surface area (Å²) in [6.07, 6.45) is 8.42. The molecule has 0 aromatic rings. The molecule has 0 aromatic heterocycles. The van der Waals surface area contributed by atoms with Crippen molar-refractivity contribution >= 4 is 0 Å². The molecule has 1 atom stereocenters. The summed E-state index contributed by atoms with van der Waals surface area (Å²) in [6.45, 7) is 7.14. The molecule has 1 fully saturated rings. The number of hydrogen-bond donors (Lipinski definition) is 1. The van der Waals surface area contributed by atoms with E-state index in [1.54, 1.807) is 0 Å². The van der Waals surface area contributed by atoms with Crippen molar-refractivity contribution in [1.29, 1.82) is 0 Å². The molecule has 1 heterocycles. The molecule has 0 saturated carbocycles. The van der Waals surface area contributed by atoms with Gasteiger partial charge >= 0.3 is 0 Å². The van der Waals surface area contributed by atoms with Crippen LogP contribution >= 0.6 is 0 Å². The van der Waals surface area contributed by atoms with Gasteiger partial charge in [-0.25, -0.2) is 0 Å². The van der Waals surface area contributed by atoms with Crippen LogP contribution < -0.4 is 5.32 Å². The largest absolute Gasteiger partial charge is 0.316 e. The summed E-state index contributed by atoms with van der Waals surface area (Å²) in [5.74, 6) is 0. The molecular weight excluding hydrogens is 146 g/mol. The van der Waals surface area contributed by atoms with Gasteiger partial charge in [0.25, 0.3) is 0 Å². The summed E-state index contributed by atoms with van der Waals surface area (Å²) in [4.78, 5) is 0. The van der Waals surface area contributed by atoms with Gasteiger partial charge in [-0.3, -0.25) is 0 Å². The number of nitrogens with one attached hydrogen (secondary N) is 1. The lowest BCUT2D eigenvalue weighted by Crippen LogP contribution is -2.23. The first-order chi connectivity index (χ1) is 5.83. The molecule has 1 rings (SSSR count). The highest BCUT2D eigenvalue weighted by Gasteiger charge is 2.31. The molecule has 1 unspecified atom stereocenters. The molecule has 0 bridgehead atoms. The third-order valence-corrected chi connectivity index (χ3v) is 3.17. The van der Waals surface area contributed by atoms with Gasteiger partial charge in [0.15, 0.2) is 0 Å². The molecule has 1 aliphatic rings. The standard InChI is InChI=1S/C11H23N/c1-3-5-7-11(6-4-2)8-9-12-10-11/h12H,3-10H2,1-2H3. The van der Waals surface area contributed by atoms with Crippen molar-refractivity contribution in [3.63, 3.8) is 0 Å². The lowest BCUT2D eigenvalue weighted by Gasteiger charge is -2.27. The van der Waals surface area contributed by atoms with Crippen molar-refractivity contribution in [2.45, 2.75) is 52.4 Å². The van der Waals surface area contributed by atoms with Crippen LogP contribution in [0.25, 0.3) is 0 Å². The zero-order valence-electron chi connectivity index (χ0n) is 8.66. The minimum absolute atomic E-state index is 0.685. The highest BCUT2D eigenvalue weighted by atomic mass is 14.9. The maximum atomic E-state index is 3.51. The Kier molecular flexibility index (Phi) is 4.07. The first kappa shape index (κ1) is 10.0. The fourth-order valence-corrected chi connectivity index (χ4v) is 2.43. The maximum absolute atomic E-state index is 3.51. The summed E-state index contributed by atoms with van der Waals surface area (Å²) in [5.41, 5.74) is 0.685. The molecule has 0 aromatic carbocycles. The van der Waals surface area contributed by atoms with Gasteiger partial charge in [-0.2, -0.15) is 0 Å². The highest BCUT2D eigenvalue weighted by Crippen LogP contribution is 2.36. The van der Waals surface area contributed by atoms with Crippen molar-refractivity contribution in [2.24, 2.45) is 5.41 Å². The van der Waals surface area contributed by atoms with Crippen LogP contribution in [0.15, 0.2) is 0 Å². The Morgan fingerprint density at radius 2 is 2.00 bits per heavy atom. The van der Waals surface area contributed by atoms with E-state index in [2.05, 4.69) is 19.2 Å². The van der Waals surface area contributed by atoms with Crippen molar-refractivity contribution in [3.05, 3.63) is 0 Å². The number of hydrogen-bond acceptors (Lipinski definition) is 1. The second kappa shape index (κ2) is 4.86. The van der Waals surface area contributed by atoms with Gasteiger partial charge in [0.2, 0.25) is 0 Å². The number of unbranched alkanes of at least 4 members (excludes halogenated alkanes) is 1. The summed E-state index contributed by atoms with van der Waals surface area (Å²) in [6, 6.07) is 0. The molecule has 0 aliphatic carbocycles. The van der Waals surface area contributed by atoms with E-state index in [0.29, 0.717) is 5.41 Å². The van der Waals surface area contributed by atoms with E-state index in [9.17, 15) is 0 Å². The van der Waals surface area contributed by atoms with Gasteiger partial charge in [-0.15, -0.1) is 0 Å². The summed E-state index contributed by atoms with van der Waals surface area (Å²) in [5, 5.41) is 3.51. The van der Waals surface area contributed by atoms with Gasteiger partial charge in [0.05, 0.1) is 0 Å². The van der Waals surface area contributed by atoms with Crippen LogP contribution in [0.5, 0.6) is 0 Å². The Morgan fingerprint density at radius 3 is 2.50 bits per heavy atom. The molecule has 72 valence electrons. The van der Waals surface area contributed by atoms with E-state index in [0.717, 1.165) is 0 Å². The quantitative estimate of drug-likeness (QED) is 0.667. The molecule has 1 N–H and O–H groups in total. The van der Waals surface area contributed by atoms with Crippen molar-refractivity contribution < 1.29 is 0 Å². The first-order valence-electron chi connectivity index (χ1n) is 5.54. The second-order valence-corrected chi connectivity index (χ2v) is 4.28. The smallest absolute Gasteiger partial charge is 0.000828 e. The lowest BCUT2D eigenvalue weighted by atomic mass is 9.78. The SMILES string of the molecule is CCCCC1(CCC)CCNC1. The molecule has 0 spiro atoms. The molecule has 1 heteroatoms. The molecule has 0 radical (unpaired) electrons. The third-order valence-electron chi connectivity index (χ3n) is 3.17. The van der Waals surface area contributed by atoms with E-state index in [4.69, 9.17) is 0 Å². The minimum Gasteiger partial charge on any atom is -0.316 e. The predicted molar refractivity (Wildman–Crippen MR) is 54.4 cm³/mol. The average molecular weight is 169 g/mol. The van der Waals surface area contributed by atoms with Gasteiger partial charge in [-0.1, -0.05) is 33.1 Å². The Balaban J connectivity index is 2.35. The topological polar surface area (TPSA) is 12.0 Å². The Morgan fingerprint density at radius 1 is 1.17 bits per heavy atom. The van der Waals surface area contributed by atoms with Gasteiger partial charge in [-0.05, 0) is 31.2 Å². The fraction of sp³-hybridized carbons (Fsp3) is 1.00. The first-order valence-corrected chi connectivity index (χ1v) is 5.54. The Hall–Kier alpha value is -0.0400. The minimum atomic E-state index is 0.685. The second-order valence-electron chi connectivity index (χ2n) is 4.28. The fourth-order valence-electron chi connectivity index (χ4n) is 2.43. The zero-order chi connectivity index (χ0) is 8.86. The van der Waals surface area contributed by atoms with Crippen LogP contribution in [-0.2, 0) is 0 Å². The summed E-state index contributed by atoms with van der Waals surface area (Å²) >= 11 is 0. The maximum Gasteiger partial charge on any atom is 0.000828 e. The Labute approximate surface area is 76.9 Å². The molecule has 1 nitrogen and oxygen atoms in total. The van der Waals surface area contributed by atoms with Crippen molar-refractivity contribution in [3.8, 4) is 0 Å². The van der Waals surface area contributed by atoms with Crippen LogP contribution in [0, 0.1) is 5.41 Å². The lowest BCUT2D eigenvalue weighted by molar-refractivity contribution is 0.260. The van der Waals surface area contributed by atoms with Crippen LogP contribution in [0.4, 0.5) is 0 Å². The Bertz CT molecular complexity index is 114. The predicted octanol–water partition coefficient (Wildman–Crippen LogP) is 2.96. The molecule has 1 aliphatic heterocycles. The van der Waals surface area contributed by atoms with Gasteiger partial charge < -0.3 is 5.32 Å². The van der Waals surface area contributed by atoms with Crippen molar-refractivity contribution in [2.75, 3.05) is 13.1 Å². The zero-order valence-corrected chi connectivity index (χ0v) is 8.66. The van der Waals surface area contributed by atoms with Gasteiger partial charge in [0.1, 0.15) is 0 Å². The van der Waals surface area contributed by atoms with E-state index in [1.807, 2.05) is 0 Å². The van der Waals surface area contributed by atoms with Crippen molar-refractivity contribution in [1.82, 2.24) is 5.32 Å². The monoisotopic (exact) mass is 169 g/mol. The molecule has 1 saturated heterocycles. The molecule has 12 heavy (non-hydrogen) atoms. The van der Waals surface area contributed by atoms with Crippen LogP contribution in [0.3, 0.4) is 0 Å². The van der Waals surface area contributed by atoms with E-state index in [1.165, 1.54) is 51.6 Å². The number of rotatable bonds is 5. The molecular formula is C11H23N. The highest BCUT2D eigenvalue weighted by molar-refractivity contribution is 4.87. The van der Waals surface area contributed by atoms with Crippen LogP contribution in [-0.4, -0.2) is 13.1 Å². The van der Waals surface area contributed by atoms with E-state index >= 15 is 0 Å². The third kappa shape index (κ3) is 2.48. The van der Waals surface area contributed by atoms with Crippen LogP contribution in [0.2, 0.25) is 0 Å². The van der Waals surface area contributed by atoms with Gasteiger partial charge in [0, 0.05) is 6.54 Å². The molecule has 0 amide bonds. The average Bonchev–Trinajstić information content (AvgIpc) is 2.51. The summed E-state index contributed by atoms with van der Waals surface area (Å²) < 4.78 is 0. The van der Waals surface area contributed by atoms with E-state index < -0.39 is 0 Å². The summed E-state index contributed by atoms with van der Waals surface area (Å²) in [7, 11) is 0. The normalized spacial score (nSPS) is 29.5. The van der Waals surface area contributed by atoms with Crippen LogP contribution in [0.1, 0.15) is 52.4 Å².